The van der Waals surface area contributed by atoms with E-state index in [4.69, 9.17) is 121 Å². The van der Waals surface area contributed by atoms with E-state index in [0.29, 0.717) is 39.1 Å². The summed E-state index contributed by atoms with van der Waals surface area (Å²) >= 11 is 42.3. The van der Waals surface area contributed by atoms with Gasteiger partial charge in [-0.2, -0.15) is 13.2 Å². The van der Waals surface area contributed by atoms with Gasteiger partial charge >= 0.3 is 24.1 Å². The maximum Gasteiger partial charge on any atom is 0.422 e. The monoisotopic (exact) mass is 1410 g/mol. The number of aromatic carboxylic acids is 3. The molecule has 7 N–H and O–H groups in total. The molecule has 0 atom stereocenters. The van der Waals surface area contributed by atoms with E-state index in [1.54, 1.807) is 18.2 Å². The maximum atomic E-state index is 14.2. The summed E-state index contributed by atoms with van der Waals surface area (Å²) in [6.07, 6.45) is -4.47. The number of nitrogens with one attached hydrogen (secondary N) is 3. The fourth-order valence-electron chi connectivity index (χ4n) is 7.64. The Kier molecular flexibility index (Phi) is 24.6. The average molecular weight is 1420 g/mol. The fraction of sp³-hybridized carbons (Fsp3) is 0.0625. The molecule has 29 heteroatoms. The van der Waals surface area contributed by atoms with Crippen LogP contribution < -0.4 is 39.6 Å². The van der Waals surface area contributed by atoms with Crippen molar-refractivity contribution in [3.8, 4) is 46.0 Å². The first kappa shape index (κ1) is 71.0. The zero-order valence-corrected chi connectivity index (χ0v) is 52.3. The quantitative estimate of drug-likeness (QED) is 0.0371. The molecule has 0 unspecified atom stereocenters. The molecule has 0 heterocycles. The van der Waals surface area contributed by atoms with Crippen LogP contribution in [0.5, 0.6) is 46.0 Å². The summed E-state index contributed by atoms with van der Waals surface area (Å²) in [5, 5.41) is 45.0. The minimum Gasteiger partial charge on any atom is -0.493 e. The number of methoxy groups -OCH3 is 1. The van der Waals surface area contributed by atoms with Gasteiger partial charge in [0.05, 0.1) is 77.2 Å². The van der Waals surface area contributed by atoms with E-state index in [2.05, 4.69) is 20.7 Å². The number of carboxylic acid groups (broad SMARTS) is 3. The van der Waals surface area contributed by atoms with Gasteiger partial charge in [0.15, 0.2) is 29.7 Å². The number of amides is 3. The zero-order valence-electron chi connectivity index (χ0n) is 47.0. The number of hydrogen-bond donors (Lipinski definition) is 7. The number of aliphatic hydroxyl groups is 1. The summed E-state index contributed by atoms with van der Waals surface area (Å²) in [4.78, 5) is 71.3. The van der Waals surface area contributed by atoms with Gasteiger partial charge in [0.25, 0.3) is 17.7 Å². The smallest absolute Gasteiger partial charge is 0.422 e. The molecule has 18 nitrogen and oxygen atoms in total. The van der Waals surface area contributed by atoms with Gasteiger partial charge in [-0.05, 0) is 145 Å². The second kappa shape index (κ2) is 32.2. The molecular formula is C64H42Cl7F4N3O15. The van der Waals surface area contributed by atoms with Crippen LogP contribution in [0.15, 0.2) is 170 Å². The Balaban J connectivity index is 0.000000198. The molecule has 0 bridgehead atoms. The number of carbonyl (C=O) groups is 6. The van der Waals surface area contributed by atoms with Gasteiger partial charge in [-0.25, -0.2) is 18.8 Å². The molecule has 3 amide bonds. The first-order valence-electron chi connectivity index (χ1n) is 26.1. The van der Waals surface area contributed by atoms with Crippen molar-refractivity contribution >= 4 is 134 Å². The number of carbonyl (C=O) groups excluding carboxylic acids is 3. The number of benzene rings is 9. The third kappa shape index (κ3) is 20.3. The molecule has 9 aromatic carbocycles. The lowest BCUT2D eigenvalue weighted by Gasteiger charge is -2.15. The average Bonchev–Trinajstić information content (AvgIpc) is 0.977. The van der Waals surface area contributed by atoms with Crippen LogP contribution in [0.3, 0.4) is 0 Å². The normalized spacial score (nSPS) is 10.7. The zero-order chi connectivity index (χ0) is 67.8. The predicted molar refractivity (Wildman–Crippen MR) is 342 cm³/mol. The number of anilines is 3. The Hall–Kier alpha value is -9.49. The van der Waals surface area contributed by atoms with Crippen LogP contribution in [-0.2, 0) is 6.61 Å². The Morgan fingerprint density at radius 2 is 0.774 bits per heavy atom. The van der Waals surface area contributed by atoms with E-state index in [-0.39, 0.29) is 105 Å². The highest BCUT2D eigenvalue weighted by Crippen LogP contribution is 2.40. The molecular weight excluding hydrogens is 1370 g/mol. The third-order valence-electron chi connectivity index (χ3n) is 12.2. The van der Waals surface area contributed by atoms with Gasteiger partial charge in [0.2, 0.25) is 0 Å². The first-order valence-corrected chi connectivity index (χ1v) is 28.7. The van der Waals surface area contributed by atoms with Crippen LogP contribution in [0, 0.1) is 5.82 Å². The summed E-state index contributed by atoms with van der Waals surface area (Å²) in [6.45, 7) is -1.77. The van der Waals surface area contributed by atoms with Crippen LogP contribution in [0.1, 0.15) is 67.7 Å². The van der Waals surface area contributed by atoms with E-state index < -0.39 is 54.2 Å². The summed E-state index contributed by atoms with van der Waals surface area (Å²) in [7, 11) is 1.46. The maximum absolute atomic E-state index is 14.2. The topological polar surface area (TPSA) is 266 Å². The lowest BCUT2D eigenvalue weighted by Crippen LogP contribution is -2.19. The highest BCUT2D eigenvalue weighted by molar-refractivity contribution is 6.43. The number of halogens is 11. The van der Waals surface area contributed by atoms with Gasteiger partial charge in [0.1, 0.15) is 28.7 Å². The van der Waals surface area contributed by atoms with Crippen LogP contribution in [-0.4, -0.2) is 75.9 Å². The fourth-order valence-corrected chi connectivity index (χ4v) is 8.75. The molecule has 0 fully saturated rings. The van der Waals surface area contributed by atoms with Crippen LogP contribution in [0.4, 0.5) is 34.6 Å². The lowest BCUT2D eigenvalue weighted by atomic mass is 10.1. The van der Waals surface area contributed by atoms with E-state index >= 15 is 0 Å². The highest BCUT2D eigenvalue weighted by atomic mass is 35.5. The molecule has 0 aliphatic rings. The first-order chi connectivity index (χ1) is 44.1. The largest absolute Gasteiger partial charge is 0.493 e. The highest BCUT2D eigenvalue weighted by Gasteiger charge is 2.29. The molecule has 0 aliphatic heterocycles. The molecule has 0 saturated heterocycles. The van der Waals surface area contributed by atoms with Crippen molar-refractivity contribution in [2.75, 3.05) is 29.7 Å². The van der Waals surface area contributed by atoms with Crippen molar-refractivity contribution in [1.29, 1.82) is 0 Å². The molecule has 0 radical (unpaired) electrons. The van der Waals surface area contributed by atoms with Crippen molar-refractivity contribution in [2.24, 2.45) is 0 Å². The van der Waals surface area contributed by atoms with E-state index in [0.717, 1.165) is 6.07 Å². The Bertz CT molecular complexity index is 4270. The number of hydrogen-bond acceptors (Lipinski definition) is 12. The Morgan fingerprint density at radius 3 is 1.13 bits per heavy atom. The van der Waals surface area contributed by atoms with Crippen LogP contribution >= 0.6 is 81.2 Å². The molecule has 0 saturated carbocycles. The van der Waals surface area contributed by atoms with E-state index in [9.17, 15) is 46.3 Å². The van der Waals surface area contributed by atoms with E-state index in [1.165, 1.54) is 153 Å². The van der Waals surface area contributed by atoms with Crippen molar-refractivity contribution in [1.82, 2.24) is 0 Å². The van der Waals surface area contributed by atoms with E-state index in [1.807, 2.05) is 0 Å². The minimum absolute atomic E-state index is 0.0163. The molecule has 9 rings (SSSR count). The van der Waals surface area contributed by atoms with Gasteiger partial charge in [-0.15, -0.1) is 0 Å². The number of ether oxygens (including phenoxy) is 5. The number of rotatable bonds is 19. The Morgan fingerprint density at radius 1 is 0.419 bits per heavy atom. The number of alkyl halides is 3. The predicted octanol–water partition coefficient (Wildman–Crippen LogP) is 18.4. The summed E-state index contributed by atoms with van der Waals surface area (Å²) in [5.41, 5.74) is 1.74. The van der Waals surface area contributed by atoms with Gasteiger partial charge in [-0.3, -0.25) is 14.4 Å². The molecule has 93 heavy (non-hydrogen) atoms. The van der Waals surface area contributed by atoms with Gasteiger partial charge in [-0.1, -0.05) is 87.3 Å². The molecule has 0 spiro atoms. The Labute approximate surface area is 559 Å². The molecule has 0 aromatic heterocycles. The van der Waals surface area contributed by atoms with Gasteiger partial charge in [0, 0.05) is 46.4 Å². The molecule has 480 valence electrons. The summed E-state index contributed by atoms with van der Waals surface area (Å²) in [5.74, 6) is -4.94. The van der Waals surface area contributed by atoms with Crippen molar-refractivity contribution in [3.05, 3.63) is 250 Å². The van der Waals surface area contributed by atoms with Crippen molar-refractivity contribution in [2.45, 2.75) is 12.8 Å². The standard InChI is InChI=1S/C22H14Cl2F3NO5.C21H14Cl3NO5.C21H14Cl2FNO5/c23-17-9-16(20(29)28-13-3-1-12(2-4-13)21(30)31)19(10-18(17)24)33-15-7-5-14(6-8-15)32-11-22(25,26)27;1-29-19-8-12(22)4-7-17(19)30-18-10-16(24)15(23)9-14(18)20(26)25-13-5-2-11(3-6-13)21(27)28;22-15-8-14(20(27)25-13-4-2-12(3-5-13)21(28)29)19(9-16(15)23)30-18-6-1-11(10-26)7-17(18)24/h1-10H,11H2,(H,28,29)(H,30,31);2-10H,1H3,(H,25,26)(H,27,28);1-9,26H,10H2,(H,25,27)(H,28,29). The SMILES string of the molecule is COc1cc(Cl)ccc1Oc1cc(Cl)c(Cl)cc1C(=O)Nc1ccc(C(=O)O)cc1.O=C(O)c1ccc(NC(=O)c2cc(Cl)c(Cl)cc2Oc2ccc(CO)cc2F)cc1.O=C(O)c1ccc(NC(=O)c2cc(Cl)c(Cl)cc2Oc2ccc(OCC(F)(F)F)cc2)cc1. The molecule has 9 aromatic rings. The minimum atomic E-state index is -4.47. The number of carboxylic acids is 3. The summed E-state index contributed by atoms with van der Waals surface area (Å²) < 4.78 is 78.1. The summed E-state index contributed by atoms with van der Waals surface area (Å²) in [6, 6.07) is 38.6. The van der Waals surface area contributed by atoms with Gasteiger partial charge < -0.3 is 60.1 Å². The van der Waals surface area contributed by atoms with Crippen LogP contribution in [0.2, 0.25) is 35.2 Å². The van der Waals surface area contributed by atoms with Crippen LogP contribution in [0.25, 0.3) is 0 Å². The second-order valence-electron chi connectivity index (χ2n) is 18.7. The van der Waals surface area contributed by atoms with Crippen molar-refractivity contribution in [3.63, 3.8) is 0 Å². The van der Waals surface area contributed by atoms with Crippen molar-refractivity contribution < 1.29 is 90.4 Å². The second-order valence-corrected chi connectivity index (χ2v) is 21.6. The lowest BCUT2D eigenvalue weighted by molar-refractivity contribution is -0.153. The number of aliphatic hydroxyl groups excluding tert-OH is 1. The third-order valence-corrected chi connectivity index (χ3v) is 14.6. The molecule has 0 aliphatic carbocycles.